The topological polar surface area (TPSA) is 81.1 Å². The molecule has 104 valence electrons. The highest BCUT2D eigenvalue weighted by molar-refractivity contribution is 5.76. The van der Waals surface area contributed by atoms with E-state index in [1.54, 1.807) is 25.8 Å². The monoisotopic (exact) mass is 258 g/mol. The normalized spacial score (nSPS) is 17.7. The molecule has 6 nitrogen and oxygen atoms in total. The Kier molecular flexibility index (Phi) is 4.56. The second-order valence-electron chi connectivity index (χ2n) is 5.41. The maximum Gasteiger partial charge on any atom is 0.320 e. The van der Waals surface area contributed by atoms with Crippen molar-refractivity contribution in [2.24, 2.45) is 5.92 Å². The summed E-state index contributed by atoms with van der Waals surface area (Å²) in [6, 6.07) is -0.155. The molecule has 0 spiro atoms. The van der Waals surface area contributed by atoms with Gasteiger partial charge in [-0.3, -0.25) is 4.79 Å². The van der Waals surface area contributed by atoms with E-state index in [0.29, 0.717) is 25.9 Å². The lowest BCUT2D eigenvalue weighted by Crippen LogP contribution is -2.54. The molecule has 18 heavy (non-hydrogen) atoms. The molecule has 0 unspecified atom stereocenters. The van der Waals surface area contributed by atoms with Gasteiger partial charge in [0.05, 0.1) is 18.1 Å². The summed E-state index contributed by atoms with van der Waals surface area (Å²) in [5.74, 6) is -1.13. The quantitative estimate of drug-likeness (QED) is 0.777. The molecular weight excluding hydrogens is 236 g/mol. The molecule has 0 saturated carbocycles. The number of nitrogens with zero attached hydrogens (tertiary/aromatic N) is 2. The Labute approximate surface area is 107 Å². The van der Waals surface area contributed by atoms with E-state index < -0.39 is 11.5 Å². The van der Waals surface area contributed by atoms with Gasteiger partial charge in [0.25, 0.3) is 0 Å². The van der Waals surface area contributed by atoms with E-state index in [4.69, 9.17) is 5.11 Å². The molecule has 1 heterocycles. The van der Waals surface area contributed by atoms with Crippen LogP contribution in [0.1, 0.15) is 26.7 Å². The number of aliphatic hydroxyl groups is 1. The third kappa shape index (κ3) is 3.13. The summed E-state index contributed by atoms with van der Waals surface area (Å²) in [5, 5.41) is 18.1. The molecule has 1 rings (SSSR count). The number of urea groups is 1. The van der Waals surface area contributed by atoms with Gasteiger partial charge in [-0.2, -0.15) is 0 Å². The molecule has 1 aliphatic rings. The molecule has 1 fully saturated rings. The third-order valence-corrected chi connectivity index (χ3v) is 3.70. The van der Waals surface area contributed by atoms with E-state index in [9.17, 15) is 14.7 Å². The summed E-state index contributed by atoms with van der Waals surface area (Å²) >= 11 is 0. The van der Waals surface area contributed by atoms with Crippen molar-refractivity contribution in [2.45, 2.75) is 32.2 Å². The molecule has 0 radical (unpaired) electrons. The smallest absolute Gasteiger partial charge is 0.320 e. The van der Waals surface area contributed by atoms with E-state index in [1.807, 2.05) is 0 Å². The van der Waals surface area contributed by atoms with Crippen molar-refractivity contribution in [1.29, 1.82) is 0 Å². The Hall–Kier alpha value is -1.30. The van der Waals surface area contributed by atoms with Crippen LogP contribution in [-0.2, 0) is 4.79 Å². The van der Waals surface area contributed by atoms with E-state index in [-0.39, 0.29) is 18.6 Å². The van der Waals surface area contributed by atoms with Crippen LogP contribution in [0.5, 0.6) is 0 Å². The third-order valence-electron chi connectivity index (χ3n) is 3.70. The van der Waals surface area contributed by atoms with Gasteiger partial charge >= 0.3 is 12.0 Å². The van der Waals surface area contributed by atoms with E-state index >= 15 is 0 Å². The lowest BCUT2D eigenvalue weighted by molar-refractivity contribution is -0.143. The highest BCUT2D eigenvalue weighted by Crippen LogP contribution is 2.20. The molecule has 6 heteroatoms. The van der Waals surface area contributed by atoms with Crippen molar-refractivity contribution in [3.63, 3.8) is 0 Å². The maximum atomic E-state index is 12.2. The Morgan fingerprint density at radius 1 is 1.33 bits per heavy atom. The summed E-state index contributed by atoms with van der Waals surface area (Å²) in [6.45, 7) is 4.38. The summed E-state index contributed by atoms with van der Waals surface area (Å²) < 4.78 is 0. The predicted octanol–water partition coefficient (Wildman–Crippen LogP) is 0.606. The number of hydrogen-bond acceptors (Lipinski definition) is 3. The average Bonchev–Trinajstić information content (AvgIpc) is 2.37. The number of carboxylic acids is 1. The number of carboxylic acid groups (broad SMARTS) is 1. The zero-order chi connectivity index (χ0) is 13.9. The molecule has 0 aromatic heterocycles. The number of piperidine rings is 1. The molecule has 0 atom stereocenters. The molecule has 0 aliphatic carbocycles. The average molecular weight is 258 g/mol. The first-order chi connectivity index (χ1) is 8.29. The van der Waals surface area contributed by atoms with E-state index in [1.165, 1.54) is 4.90 Å². The van der Waals surface area contributed by atoms with Crippen molar-refractivity contribution in [3.8, 4) is 0 Å². The number of carbonyl (C=O) groups is 2. The van der Waals surface area contributed by atoms with Gasteiger partial charge in [-0.15, -0.1) is 0 Å². The van der Waals surface area contributed by atoms with E-state index in [0.717, 1.165) is 0 Å². The lowest BCUT2D eigenvalue weighted by atomic mass is 9.97. The minimum Gasteiger partial charge on any atom is -0.481 e. The Balaban J connectivity index is 2.57. The predicted molar refractivity (Wildman–Crippen MR) is 66.3 cm³/mol. The van der Waals surface area contributed by atoms with Crippen LogP contribution in [0.4, 0.5) is 4.79 Å². The molecule has 0 aromatic carbocycles. The largest absolute Gasteiger partial charge is 0.481 e. The first-order valence-electron chi connectivity index (χ1n) is 6.16. The first kappa shape index (κ1) is 14.8. The van der Waals surface area contributed by atoms with Gasteiger partial charge in [-0.25, -0.2) is 4.79 Å². The van der Waals surface area contributed by atoms with Gasteiger partial charge in [0.15, 0.2) is 0 Å². The van der Waals surface area contributed by atoms with E-state index in [2.05, 4.69) is 0 Å². The highest BCUT2D eigenvalue weighted by atomic mass is 16.4. The summed E-state index contributed by atoms with van der Waals surface area (Å²) in [4.78, 5) is 26.2. The van der Waals surface area contributed by atoms with Crippen LogP contribution in [-0.4, -0.2) is 64.3 Å². The Morgan fingerprint density at radius 3 is 2.22 bits per heavy atom. The minimum absolute atomic E-state index is 0.110. The van der Waals surface area contributed by atoms with Gasteiger partial charge in [0, 0.05) is 20.1 Å². The van der Waals surface area contributed by atoms with Gasteiger partial charge in [-0.1, -0.05) is 0 Å². The number of likely N-dealkylation sites (tertiary alicyclic amines) is 1. The highest BCUT2D eigenvalue weighted by Gasteiger charge is 2.33. The zero-order valence-corrected chi connectivity index (χ0v) is 11.2. The maximum absolute atomic E-state index is 12.2. The SMILES string of the molecule is CN(C(=O)N1CCC(C(=O)O)CC1)C(C)(C)CO. The number of likely N-dealkylation sites (N-methyl/N-ethyl adjacent to an activating group) is 1. The lowest BCUT2D eigenvalue weighted by Gasteiger charge is -2.39. The molecule has 1 saturated heterocycles. The van der Waals surface area contributed by atoms with Crippen LogP contribution in [0.3, 0.4) is 0 Å². The fourth-order valence-corrected chi connectivity index (χ4v) is 1.89. The molecule has 2 N–H and O–H groups in total. The number of hydrogen-bond donors (Lipinski definition) is 2. The zero-order valence-electron chi connectivity index (χ0n) is 11.2. The number of aliphatic hydroxyl groups excluding tert-OH is 1. The van der Waals surface area contributed by atoms with Crippen LogP contribution in [0.15, 0.2) is 0 Å². The van der Waals surface area contributed by atoms with Crippen molar-refractivity contribution >= 4 is 12.0 Å². The fraction of sp³-hybridized carbons (Fsp3) is 0.833. The number of carbonyl (C=O) groups excluding carboxylic acids is 1. The summed E-state index contributed by atoms with van der Waals surface area (Å²) in [6.07, 6.45) is 0.989. The fourth-order valence-electron chi connectivity index (χ4n) is 1.89. The second kappa shape index (κ2) is 5.56. The van der Waals surface area contributed by atoms with Gasteiger partial charge in [-0.05, 0) is 26.7 Å². The Bertz CT molecular complexity index is 322. The van der Waals surface area contributed by atoms with Gasteiger partial charge in [0.1, 0.15) is 0 Å². The summed E-state index contributed by atoms with van der Waals surface area (Å²) in [5.41, 5.74) is -0.610. The van der Waals surface area contributed by atoms with Gasteiger partial charge in [0.2, 0.25) is 0 Å². The van der Waals surface area contributed by atoms with Crippen LogP contribution >= 0.6 is 0 Å². The number of amides is 2. The van der Waals surface area contributed by atoms with Crippen LogP contribution in [0.2, 0.25) is 0 Å². The molecular formula is C12H22N2O4. The second-order valence-corrected chi connectivity index (χ2v) is 5.41. The Morgan fingerprint density at radius 2 is 1.83 bits per heavy atom. The minimum atomic E-state index is -0.786. The first-order valence-corrected chi connectivity index (χ1v) is 6.16. The molecule has 1 aliphatic heterocycles. The van der Waals surface area contributed by atoms with Crippen molar-refractivity contribution in [2.75, 3.05) is 26.7 Å². The standard InChI is InChI=1S/C12H22N2O4/c1-12(2,8-15)13(3)11(18)14-6-4-9(5-7-14)10(16)17/h9,15H,4-8H2,1-3H3,(H,16,17). The molecule has 0 aromatic rings. The van der Waals surface area contributed by atoms with Crippen LogP contribution < -0.4 is 0 Å². The molecule has 2 amide bonds. The summed E-state index contributed by atoms with van der Waals surface area (Å²) in [7, 11) is 1.65. The van der Waals surface area contributed by atoms with Crippen LogP contribution in [0, 0.1) is 5.92 Å². The van der Waals surface area contributed by atoms with Crippen molar-refractivity contribution < 1.29 is 19.8 Å². The number of aliphatic carboxylic acids is 1. The molecule has 0 bridgehead atoms. The number of rotatable bonds is 3. The van der Waals surface area contributed by atoms with Crippen LogP contribution in [0.25, 0.3) is 0 Å². The van der Waals surface area contributed by atoms with Crippen molar-refractivity contribution in [1.82, 2.24) is 9.80 Å². The van der Waals surface area contributed by atoms with Gasteiger partial charge < -0.3 is 20.0 Å². The van der Waals surface area contributed by atoms with Crippen molar-refractivity contribution in [3.05, 3.63) is 0 Å².